The van der Waals surface area contributed by atoms with E-state index in [0.717, 1.165) is 45.7 Å². The lowest BCUT2D eigenvalue weighted by atomic mass is 9.87. The predicted molar refractivity (Wildman–Crippen MR) is 160 cm³/mol. The number of hydrogen-bond donors (Lipinski definition) is 3. The Morgan fingerprint density at radius 1 is 0.929 bits per heavy atom. The Morgan fingerprint density at radius 3 is 2.19 bits per heavy atom. The molecule has 0 bridgehead atoms. The van der Waals surface area contributed by atoms with Crippen LogP contribution in [0, 0.1) is 0 Å². The minimum atomic E-state index is -1.38. The summed E-state index contributed by atoms with van der Waals surface area (Å²) < 4.78 is 5.57. The molecular weight excluding hydrogens is 552 g/mol. The van der Waals surface area contributed by atoms with Gasteiger partial charge in [-0.25, -0.2) is 14.6 Å². The molecule has 0 atom stereocenters. The number of ether oxygens (including phenoxy) is 1. The normalized spacial score (nSPS) is 15.8. The van der Waals surface area contributed by atoms with Gasteiger partial charge in [0.2, 0.25) is 0 Å². The van der Waals surface area contributed by atoms with Crippen molar-refractivity contribution >= 4 is 34.4 Å². The highest BCUT2D eigenvalue weighted by molar-refractivity contribution is 7.14. The van der Waals surface area contributed by atoms with Crippen LogP contribution in [0.15, 0.2) is 84.2 Å². The number of nitrogens with one attached hydrogen (secondary N) is 2. The van der Waals surface area contributed by atoms with Crippen LogP contribution in [-0.2, 0) is 16.1 Å². The predicted octanol–water partition coefficient (Wildman–Crippen LogP) is 5.35. The Bertz CT molecular complexity index is 1570. The summed E-state index contributed by atoms with van der Waals surface area (Å²) in [6.07, 6.45) is -0.128. The van der Waals surface area contributed by atoms with Gasteiger partial charge < -0.3 is 15.2 Å². The fourth-order valence-electron chi connectivity index (χ4n) is 5.77. The third-order valence-corrected chi connectivity index (χ3v) is 8.77. The monoisotopic (exact) mass is 582 g/mol. The van der Waals surface area contributed by atoms with Crippen molar-refractivity contribution in [1.82, 2.24) is 15.2 Å². The van der Waals surface area contributed by atoms with Crippen molar-refractivity contribution in [1.29, 1.82) is 0 Å². The molecule has 2 aliphatic rings. The van der Waals surface area contributed by atoms with Gasteiger partial charge in [0.05, 0.1) is 0 Å². The number of carbonyl (C=O) groups is 3. The molecule has 1 aliphatic carbocycles. The molecule has 1 aliphatic heterocycles. The number of thiazole rings is 1. The second-order valence-electron chi connectivity index (χ2n) is 10.6. The van der Waals surface area contributed by atoms with Crippen molar-refractivity contribution in [3.63, 3.8) is 0 Å². The SMILES string of the molecule is O=C(Nc1nc(C(=O)NC2(C(=O)O)CCN(Cc3ccccc3)CC2)cs1)OCC1c2ccccc2-c2ccccc21. The summed E-state index contributed by atoms with van der Waals surface area (Å²) in [7, 11) is 0. The van der Waals surface area contributed by atoms with Crippen LogP contribution < -0.4 is 10.6 Å². The number of rotatable bonds is 8. The number of carboxylic acids is 1. The zero-order valence-corrected chi connectivity index (χ0v) is 23.6. The van der Waals surface area contributed by atoms with Crippen molar-refractivity contribution < 1.29 is 24.2 Å². The molecule has 1 saturated heterocycles. The van der Waals surface area contributed by atoms with Crippen LogP contribution in [0.25, 0.3) is 11.1 Å². The van der Waals surface area contributed by atoms with Gasteiger partial charge >= 0.3 is 12.1 Å². The van der Waals surface area contributed by atoms with Crippen molar-refractivity contribution in [2.45, 2.75) is 30.8 Å². The van der Waals surface area contributed by atoms with E-state index < -0.39 is 23.5 Å². The minimum absolute atomic E-state index is 0.0429. The van der Waals surface area contributed by atoms with Crippen molar-refractivity contribution in [3.8, 4) is 11.1 Å². The molecule has 0 saturated carbocycles. The van der Waals surface area contributed by atoms with Gasteiger partial charge in [-0.1, -0.05) is 78.9 Å². The van der Waals surface area contributed by atoms with E-state index in [1.807, 2.05) is 66.7 Å². The van der Waals surface area contributed by atoms with E-state index in [1.165, 1.54) is 5.38 Å². The quantitative estimate of drug-likeness (QED) is 0.256. The van der Waals surface area contributed by atoms with Crippen molar-refractivity contribution in [3.05, 3.63) is 107 Å². The maximum Gasteiger partial charge on any atom is 0.413 e. The molecule has 3 N–H and O–H groups in total. The number of fused-ring (bicyclic) bond motifs is 3. The molecule has 1 fully saturated rings. The molecule has 4 aromatic rings. The molecule has 42 heavy (non-hydrogen) atoms. The average Bonchev–Trinajstić information content (AvgIpc) is 3.60. The fourth-order valence-corrected chi connectivity index (χ4v) is 6.44. The Morgan fingerprint density at radius 2 is 1.55 bits per heavy atom. The first-order valence-electron chi connectivity index (χ1n) is 13.8. The minimum Gasteiger partial charge on any atom is -0.480 e. The average molecular weight is 583 g/mol. The number of hydrogen-bond acceptors (Lipinski definition) is 7. The van der Waals surface area contributed by atoms with E-state index in [0.29, 0.717) is 13.1 Å². The highest BCUT2D eigenvalue weighted by atomic mass is 32.1. The number of aliphatic carboxylic acids is 1. The molecule has 2 amide bonds. The highest BCUT2D eigenvalue weighted by Crippen LogP contribution is 2.44. The molecule has 0 unspecified atom stereocenters. The molecule has 10 heteroatoms. The van der Waals surface area contributed by atoms with Gasteiger partial charge in [0.1, 0.15) is 17.8 Å². The van der Waals surface area contributed by atoms with Gasteiger partial charge in [0, 0.05) is 30.9 Å². The summed E-state index contributed by atoms with van der Waals surface area (Å²) >= 11 is 1.07. The van der Waals surface area contributed by atoms with Gasteiger partial charge in [-0.05, 0) is 40.7 Å². The number of anilines is 1. The summed E-state index contributed by atoms with van der Waals surface area (Å²) in [5, 5.41) is 17.0. The number of carboxylic acid groups (broad SMARTS) is 1. The summed E-state index contributed by atoms with van der Waals surface area (Å²) in [5.74, 6) is -1.74. The van der Waals surface area contributed by atoms with Gasteiger partial charge in [-0.2, -0.15) is 0 Å². The number of piperidine rings is 1. The largest absolute Gasteiger partial charge is 0.480 e. The third kappa shape index (κ3) is 5.63. The lowest BCUT2D eigenvalue weighted by molar-refractivity contribution is -0.146. The second kappa shape index (κ2) is 11.8. The van der Waals surface area contributed by atoms with E-state index in [-0.39, 0.29) is 36.2 Å². The summed E-state index contributed by atoms with van der Waals surface area (Å²) in [5.41, 5.74) is 4.31. The lowest BCUT2D eigenvalue weighted by Crippen LogP contribution is -2.60. The molecule has 3 aromatic carbocycles. The molecule has 9 nitrogen and oxygen atoms in total. The maximum absolute atomic E-state index is 13.0. The van der Waals surface area contributed by atoms with E-state index in [1.54, 1.807) is 0 Å². The smallest absolute Gasteiger partial charge is 0.413 e. The standard InChI is InChI=1S/C32H30N4O5S/c37-28(35-32(29(38)39)14-16-36(17-15-32)18-21-8-2-1-3-9-21)27-20-42-30(33-27)34-31(40)41-19-26-24-12-6-4-10-22(24)23-11-5-7-13-25(23)26/h1-13,20,26H,14-19H2,(H,35,37)(H,38,39)(H,33,34,40). The summed E-state index contributed by atoms with van der Waals surface area (Å²) in [4.78, 5) is 44.4. The highest BCUT2D eigenvalue weighted by Gasteiger charge is 2.43. The van der Waals surface area contributed by atoms with Crippen molar-refractivity contribution in [2.75, 3.05) is 25.0 Å². The first-order chi connectivity index (χ1) is 20.4. The number of nitrogens with zero attached hydrogens (tertiary/aromatic N) is 2. The molecular formula is C32H30N4O5S. The van der Waals surface area contributed by atoms with Crippen LogP contribution in [0.5, 0.6) is 0 Å². The summed E-state index contributed by atoms with van der Waals surface area (Å²) in [6, 6.07) is 26.2. The van der Waals surface area contributed by atoms with Crippen LogP contribution in [0.2, 0.25) is 0 Å². The van der Waals surface area contributed by atoms with Gasteiger partial charge in [0.25, 0.3) is 5.91 Å². The Kier molecular flexibility index (Phi) is 7.73. The number of carbonyl (C=O) groups excluding carboxylic acids is 2. The zero-order chi connectivity index (χ0) is 29.1. The van der Waals surface area contributed by atoms with E-state index in [4.69, 9.17) is 4.74 Å². The number of likely N-dealkylation sites (tertiary alicyclic amines) is 1. The van der Waals surface area contributed by atoms with E-state index in [9.17, 15) is 19.5 Å². The van der Waals surface area contributed by atoms with Crippen LogP contribution in [-0.4, -0.2) is 58.2 Å². The van der Waals surface area contributed by atoms with Crippen LogP contribution in [0.1, 0.15) is 45.9 Å². The summed E-state index contributed by atoms with van der Waals surface area (Å²) in [6.45, 7) is 1.95. The van der Waals surface area contributed by atoms with Crippen LogP contribution >= 0.6 is 11.3 Å². The zero-order valence-electron chi connectivity index (χ0n) is 22.8. The van der Waals surface area contributed by atoms with Crippen LogP contribution in [0.4, 0.5) is 9.93 Å². The van der Waals surface area contributed by atoms with E-state index >= 15 is 0 Å². The van der Waals surface area contributed by atoms with Gasteiger partial charge in [0.15, 0.2) is 5.13 Å². The van der Waals surface area contributed by atoms with Gasteiger partial charge in [-0.3, -0.25) is 15.0 Å². The maximum atomic E-state index is 13.0. The molecule has 214 valence electrons. The second-order valence-corrected chi connectivity index (χ2v) is 11.4. The Hall–Kier alpha value is -4.54. The Labute approximate surface area is 247 Å². The number of amides is 2. The first-order valence-corrected chi connectivity index (χ1v) is 14.7. The lowest BCUT2D eigenvalue weighted by Gasteiger charge is -2.39. The third-order valence-electron chi connectivity index (χ3n) is 8.01. The first kappa shape index (κ1) is 27.6. The van der Waals surface area contributed by atoms with E-state index in [2.05, 4.69) is 32.7 Å². The van der Waals surface area contributed by atoms with Gasteiger partial charge in [-0.15, -0.1) is 11.3 Å². The Balaban J connectivity index is 1.04. The van der Waals surface area contributed by atoms with Crippen molar-refractivity contribution in [2.24, 2.45) is 0 Å². The topological polar surface area (TPSA) is 121 Å². The van der Waals surface area contributed by atoms with Crippen LogP contribution in [0.3, 0.4) is 0 Å². The molecule has 6 rings (SSSR count). The molecule has 0 spiro atoms. The number of aromatic nitrogens is 1. The molecule has 2 heterocycles. The fraction of sp³-hybridized carbons (Fsp3) is 0.250. The number of benzene rings is 3. The molecule has 1 aromatic heterocycles. The molecule has 0 radical (unpaired) electrons.